The van der Waals surface area contributed by atoms with Gasteiger partial charge in [0.15, 0.2) is 6.10 Å². The molecule has 0 spiro atoms. The number of fused-ring (bicyclic) bond motifs is 1. The Morgan fingerprint density at radius 3 is 2.44 bits per heavy atom. The minimum Gasteiger partial charge on any atom is -0.390 e. The molecule has 0 N–H and O–H groups in total. The van der Waals surface area contributed by atoms with Gasteiger partial charge in [-0.25, -0.2) is 12.7 Å². The first-order chi connectivity index (χ1) is 12.8. The third kappa shape index (κ3) is 3.60. The van der Waals surface area contributed by atoms with Gasteiger partial charge in [0.2, 0.25) is 15.9 Å². The summed E-state index contributed by atoms with van der Waals surface area (Å²) in [4.78, 5) is 20.4. The van der Waals surface area contributed by atoms with Crippen molar-refractivity contribution >= 4 is 21.6 Å². The molecule has 0 radical (unpaired) electrons. The van der Waals surface area contributed by atoms with Crippen LogP contribution in [-0.2, 0) is 19.7 Å². The second kappa shape index (κ2) is 6.91. The molecule has 3 aliphatic rings. The van der Waals surface area contributed by atoms with E-state index in [-0.39, 0.29) is 23.8 Å². The van der Waals surface area contributed by atoms with Crippen molar-refractivity contribution in [1.82, 2.24) is 9.21 Å². The molecular weight excluding hydrogens is 366 g/mol. The van der Waals surface area contributed by atoms with Crippen LogP contribution in [0, 0.1) is 18.8 Å². The molecule has 0 aliphatic carbocycles. The van der Waals surface area contributed by atoms with E-state index < -0.39 is 10.0 Å². The van der Waals surface area contributed by atoms with Crippen molar-refractivity contribution in [3.8, 4) is 0 Å². The summed E-state index contributed by atoms with van der Waals surface area (Å²) < 4.78 is 24.7. The van der Waals surface area contributed by atoms with Gasteiger partial charge in [0.1, 0.15) is 0 Å². The van der Waals surface area contributed by atoms with Gasteiger partial charge in [0, 0.05) is 25.6 Å². The first-order valence-electron chi connectivity index (χ1n) is 9.37. The van der Waals surface area contributed by atoms with E-state index in [9.17, 15) is 13.2 Å². The zero-order valence-electron chi connectivity index (χ0n) is 15.7. The third-order valence-corrected chi connectivity index (χ3v) is 7.14. The first-order valence-corrected chi connectivity index (χ1v) is 11.2. The summed E-state index contributed by atoms with van der Waals surface area (Å²) in [6.07, 6.45) is 2.30. The molecule has 8 heteroatoms. The molecule has 7 nitrogen and oxygen atoms in total. The van der Waals surface area contributed by atoms with Gasteiger partial charge in [-0.1, -0.05) is 35.0 Å². The lowest BCUT2D eigenvalue weighted by molar-refractivity contribution is -0.136. The molecule has 1 amide bonds. The van der Waals surface area contributed by atoms with Crippen LogP contribution in [-0.4, -0.2) is 67.8 Å². The number of piperidine rings is 1. The molecule has 0 saturated carbocycles. The van der Waals surface area contributed by atoms with E-state index in [4.69, 9.17) is 4.84 Å². The standard InChI is InChI=1S/C19H25N3O4S/c1-13-3-5-14(6-4-13)18-16-11-21(12-17(16)26-20-18)19(23)15-7-9-22(10-8-15)27(2,24)25/h3-6,15-17H,7-12H2,1-2H3/t16-,17-/m0/s1. The molecular formula is C19H25N3O4S. The second-order valence-electron chi connectivity index (χ2n) is 7.77. The smallest absolute Gasteiger partial charge is 0.225 e. The maximum absolute atomic E-state index is 12.9. The lowest BCUT2D eigenvalue weighted by atomic mass is 9.94. The fourth-order valence-corrected chi connectivity index (χ4v) is 5.07. The predicted molar refractivity (Wildman–Crippen MR) is 102 cm³/mol. The number of carbonyl (C=O) groups excluding carboxylic acids is 1. The molecule has 1 aromatic rings. The third-order valence-electron chi connectivity index (χ3n) is 5.84. The summed E-state index contributed by atoms with van der Waals surface area (Å²) in [7, 11) is -3.17. The quantitative estimate of drug-likeness (QED) is 0.776. The molecule has 1 aromatic carbocycles. The van der Waals surface area contributed by atoms with E-state index in [0.29, 0.717) is 39.0 Å². The van der Waals surface area contributed by atoms with Gasteiger partial charge in [-0.3, -0.25) is 4.79 Å². The molecule has 2 atom stereocenters. The topological polar surface area (TPSA) is 79.3 Å². The fraction of sp³-hybridized carbons (Fsp3) is 0.579. The number of amides is 1. The summed E-state index contributed by atoms with van der Waals surface area (Å²) in [5.41, 5.74) is 3.16. The number of hydrogen-bond acceptors (Lipinski definition) is 5. The molecule has 0 aromatic heterocycles. The highest BCUT2D eigenvalue weighted by Crippen LogP contribution is 2.32. The molecule has 3 aliphatic heterocycles. The Kier molecular flexibility index (Phi) is 4.71. The number of sulfonamides is 1. The molecule has 2 fully saturated rings. The van der Waals surface area contributed by atoms with Gasteiger partial charge < -0.3 is 9.74 Å². The van der Waals surface area contributed by atoms with E-state index in [0.717, 1.165) is 11.3 Å². The van der Waals surface area contributed by atoms with Crippen LogP contribution in [0.15, 0.2) is 29.4 Å². The fourth-order valence-electron chi connectivity index (χ4n) is 4.20. The van der Waals surface area contributed by atoms with Crippen molar-refractivity contribution in [3.63, 3.8) is 0 Å². The molecule has 2 saturated heterocycles. The molecule has 27 heavy (non-hydrogen) atoms. The number of nitrogens with zero attached hydrogens (tertiary/aromatic N) is 3. The van der Waals surface area contributed by atoms with E-state index in [1.54, 1.807) is 0 Å². The number of rotatable bonds is 3. The maximum Gasteiger partial charge on any atom is 0.225 e. The molecule has 4 rings (SSSR count). The van der Waals surface area contributed by atoms with Gasteiger partial charge in [-0.05, 0) is 25.3 Å². The highest BCUT2D eigenvalue weighted by atomic mass is 32.2. The highest BCUT2D eigenvalue weighted by Gasteiger charge is 2.45. The summed E-state index contributed by atoms with van der Waals surface area (Å²) >= 11 is 0. The van der Waals surface area contributed by atoms with Crippen LogP contribution in [0.5, 0.6) is 0 Å². The van der Waals surface area contributed by atoms with E-state index in [2.05, 4.69) is 17.3 Å². The number of oxime groups is 1. The minimum absolute atomic E-state index is 0.0821. The molecule has 0 unspecified atom stereocenters. The summed E-state index contributed by atoms with van der Waals surface area (Å²) in [5.74, 6) is 0.110. The van der Waals surface area contributed by atoms with Crippen LogP contribution >= 0.6 is 0 Å². The van der Waals surface area contributed by atoms with Crippen molar-refractivity contribution in [3.05, 3.63) is 35.4 Å². The van der Waals surface area contributed by atoms with Crippen LogP contribution in [0.4, 0.5) is 0 Å². The van der Waals surface area contributed by atoms with Crippen molar-refractivity contribution in [1.29, 1.82) is 0 Å². The van der Waals surface area contributed by atoms with Crippen LogP contribution in [0.2, 0.25) is 0 Å². The van der Waals surface area contributed by atoms with E-state index >= 15 is 0 Å². The van der Waals surface area contributed by atoms with Crippen molar-refractivity contribution < 1.29 is 18.0 Å². The van der Waals surface area contributed by atoms with Gasteiger partial charge in [-0.2, -0.15) is 0 Å². The van der Waals surface area contributed by atoms with Gasteiger partial charge >= 0.3 is 0 Å². The zero-order chi connectivity index (χ0) is 19.2. The lowest BCUT2D eigenvalue weighted by Crippen LogP contribution is -2.44. The summed E-state index contributed by atoms with van der Waals surface area (Å²) in [6, 6.07) is 8.20. The number of hydrogen-bond donors (Lipinski definition) is 0. The largest absolute Gasteiger partial charge is 0.390 e. The van der Waals surface area contributed by atoms with Gasteiger partial charge in [-0.15, -0.1) is 0 Å². The van der Waals surface area contributed by atoms with Gasteiger partial charge in [0.05, 0.1) is 24.4 Å². The Bertz CT molecular complexity index is 857. The Morgan fingerprint density at radius 1 is 1.15 bits per heavy atom. The monoisotopic (exact) mass is 391 g/mol. The Labute approximate surface area is 160 Å². The van der Waals surface area contributed by atoms with Crippen LogP contribution in [0.3, 0.4) is 0 Å². The Hall–Kier alpha value is -1.93. The van der Waals surface area contributed by atoms with Crippen molar-refractivity contribution in [2.75, 3.05) is 32.4 Å². The Morgan fingerprint density at radius 2 is 1.81 bits per heavy atom. The zero-order valence-corrected chi connectivity index (χ0v) is 16.5. The minimum atomic E-state index is -3.17. The summed E-state index contributed by atoms with van der Waals surface area (Å²) in [6.45, 7) is 4.05. The normalized spacial score (nSPS) is 26.6. The predicted octanol–water partition coefficient (Wildman–Crippen LogP) is 1.23. The number of aryl methyl sites for hydroxylation is 1. The summed E-state index contributed by atoms with van der Waals surface area (Å²) in [5, 5.41) is 4.27. The van der Waals surface area contributed by atoms with Gasteiger partial charge in [0.25, 0.3) is 0 Å². The average molecular weight is 391 g/mol. The van der Waals surface area contributed by atoms with Crippen LogP contribution in [0.25, 0.3) is 0 Å². The van der Waals surface area contributed by atoms with Crippen molar-refractivity contribution in [2.45, 2.75) is 25.9 Å². The maximum atomic E-state index is 12.9. The second-order valence-corrected chi connectivity index (χ2v) is 9.75. The van der Waals surface area contributed by atoms with E-state index in [1.807, 2.05) is 24.0 Å². The highest BCUT2D eigenvalue weighted by molar-refractivity contribution is 7.88. The number of benzene rings is 1. The number of carbonyl (C=O) groups is 1. The van der Waals surface area contributed by atoms with Crippen LogP contribution < -0.4 is 0 Å². The van der Waals surface area contributed by atoms with E-state index in [1.165, 1.54) is 16.1 Å². The molecule has 0 bridgehead atoms. The van der Waals surface area contributed by atoms with Crippen LogP contribution in [0.1, 0.15) is 24.0 Å². The average Bonchev–Trinajstić information content (AvgIpc) is 3.22. The van der Waals surface area contributed by atoms with Crippen molar-refractivity contribution in [2.24, 2.45) is 17.0 Å². The lowest BCUT2D eigenvalue weighted by Gasteiger charge is -2.31. The molecule has 3 heterocycles. The SMILES string of the molecule is Cc1ccc(C2=NO[C@H]3CN(C(=O)C4CCN(S(C)(=O)=O)CC4)C[C@H]23)cc1. The number of likely N-dealkylation sites (tertiary alicyclic amines) is 1. The Balaban J connectivity index is 1.39. The molecule has 146 valence electrons. The first kappa shape index (κ1) is 18.4.